The predicted molar refractivity (Wildman–Crippen MR) is 95.7 cm³/mol. The molecule has 2 aromatic carbocycles. The molecule has 1 atom stereocenters. The first-order chi connectivity index (χ1) is 11.5. The van der Waals surface area contributed by atoms with Gasteiger partial charge in [0.05, 0.1) is 28.5 Å². The molecule has 24 heavy (non-hydrogen) atoms. The van der Waals surface area contributed by atoms with Crippen LogP contribution in [0.25, 0.3) is 10.2 Å². The number of amides is 1. The van der Waals surface area contributed by atoms with Gasteiger partial charge in [0.15, 0.2) is 0 Å². The molecule has 0 saturated carbocycles. The normalized spacial score (nSPS) is 12.5. The molecule has 0 fully saturated rings. The number of aromatic nitrogens is 1. The highest BCUT2D eigenvalue weighted by molar-refractivity contribution is 7.18. The SMILES string of the molecule is C[C@H](c1nc2ccccc2s1)N(C)CC(=O)Nc1ccccc1F. The van der Waals surface area contributed by atoms with Gasteiger partial charge in [-0.1, -0.05) is 24.3 Å². The molecule has 4 nitrogen and oxygen atoms in total. The topological polar surface area (TPSA) is 45.2 Å². The number of thiazole rings is 1. The van der Waals surface area contributed by atoms with Gasteiger partial charge in [0.25, 0.3) is 0 Å². The van der Waals surface area contributed by atoms with Gasteiger partial charge in [-0.3, -0.25) is 9.69 Å². The third kappa shape index (κ3) is 3.60. The smallest absolute Gasteiger partial charge is 0.238 e. The molecule has 1 N–H and O–H groups in total. The Hall–Kier alpha value is -2.31. The van der Waals surface area contributed by atoms with E-state index in [4.69, 9.17) is 0 Å². The van der Waals surface area contributed by atoms with Gasteiger partial charge in [-0.05, 0) is 38.2 Å². The maximum absolute atomic E-state index is 13.6. The summed E-state index contributed by atoms with van der Waals surface area (Å²) < 4.78 is 14.7. The molecule has 0 saturated heterocycles. The third-order valence-electron chi connectivity index (χ3n) is 3.87. The Bertz CT molecular complexity index is 831. The van der Waals surface area contributed by atoms with Crippen molar-refractivity contribution in [3.05, 3.63) is 59.4 Å². The number of nitrogens with zero attached hydrogens (tertiary/aromatic N) is 2. The fraction of sp³-hybridized carbons (Fsp3) is 0.222. The molecule has 1 aromatic heterocycles. The van der Waals surface area contributed by atoms with Crippen molar-refractivity contribution in [1.82, 2.24) is 9.88 Å². The summed E-state index contributed by atoms with van der Waals surface area (Å²) in [5, 5.41) is 3.56. The van der Waals surface area contributed by atoms with Crippen molar-refractivity contribution in [2.24, 2.45) is 0 Å². The van der Waals surface area contributed by atoms with Crippen LogP contribution in [0.2, 0.25) is 0 Å². The summed E-state index contributed by atoms with van der Waals surface area (Å²) in [5.41, 5.74) is 1.16. The van der Waals surface area contributed by atoms with E-state index in [1.807, 2.05) is 43.1 Å². The Labute approximate surface area is 143 Å². The number of carbonyl (C=O) groups excluding carboxylic acids is 1. The van der Waals surface area contributed by atoms with Crippen molar-refractivity contribution in [3.63, 3.8) is 0 Å². The lowest BCUT2D eigenvalue weighted by molar-refractivity contribution is -0.117. The van der Waals surface area contributed by atoms with E-state index in [0.717, 1.165) is 15.2 Å². The Morgan fingerprint density at radius 2 is 1.96 bits per heavy atom. The van der Waals surface area contributed by atoms with Crippen LogP contribution in [0.3, 0.4) is 0 Å². The van der Waals surface area contributed by atoms with Crippen molar-refractivity contribution in [2.75, 3.05) is 18.9 Å². The summed E-state index contributed by atoms with van der Waals surface area (Å²) >= 11 is 1.62. The number of hydrogen-bond donors (Lipinski definition) is 1. The van der Waals surface area contributed by atoms with Crippen molar-refractivity contribution in [3.8, 4) is 0 Å². The van der Waals surface area contributed by atoms with Crippen LogP contribution in [0.15, 0.2) is 48.5 Å². The van der Waals surface area contributed by atoms with E-state index < -0.39 is 5.82 Å². The van der Waals surface area contributed by atoms with Gasteiger partial charge in [-0.25, -0.2) is 9.37 Å². The number of hydrogen-bond acceptors (Lipinski definition) is 4. The first-order valence-corrected chi connectivity index (χ1v) is 8.46. The van der Waals surface area contributed by atoms with Crippen LogP contribution in [0.1, 0.15) is 18.0 Å². The number of para-hydroxylation sites is 2. The van der Waals surface area contributed by atoms with Crippen LogP contribution >= 0.6 is 11.3 Å². The van der Waals surface area contributed by atoms with Gasteiger partial charge < -0.3 is 5.32 Å². The number of halogens is 1. The van der Waals surface area contributed by atoms with Crippen LogP contribution in [0, 0.1) is 5.82 Å². The molecule has 0 spiro atoms. The Morgan fingerprint density at radius 3 is 2.71 bits per heavy atom. The lowest BCUT2D eigenvalue weighted by Gasteiger charge is -2.22. The van der Waals surface area contributed by atoms with Crippen molar-refractivity contribution >= 4 is 33.1 Å². The maximum Gasteiger partial charge on any atom is 0.238 e. The molecule has 1 amide bonds. The maximum atomic E-state index is 13.6. The molecule has 3 aromatic rings. The zero-order valence-corrected chi connectivity index (χ0v) is 14.3. The Morgan fingerprint density at radius 1 is 1.25 bits per heavy atom. The summed E-state index contributed by atoms with van der Waals surface area (Å²) in [6.45, 7) is 2.17. The van der Waals surface area contributed by atoms with E-state index in [9.17, 15) is 9.18 Å². The molecule has 3 rings (SSSR count). The van der Waals surface area contributed by atoms with Gasteiger partial charge in [-0.15, -0.1) is 11.3 Å². The lowest BCUT2D eigenvalue weighted by atomic mass is 10.3. The first kappa shape index (κ1) is 16.5. The summed E-state index contributed by atoms with van der Waals surface area (Å²) in [4.78, 5) is 18.7. The highest BCUT2D eigenvalue weighted by Crippen LogP contribution is 2.28. The quantitative estimate of drug-likeness (QED) is 0.760. The molecule has 0 unspecified atom stereocenters. The van der Waals surface area contributed by atoms with Gasteiger partial charge in [0.2, 0.25) is 5.91 Å². The van der Waals surface area contributed by atoms with E-state index in [-0.39, 0.29) is 24.2 Å². The van der Waals surface area contributed by atoms with Crippen LogP contribution in [0.4, 0.5) is 10.1 Å². The van der Waals surface area contributed by atoms with Crippen molar-refractivity contribution in [1.29, 1.82) is 0 Å². The summed E-state index contributed by atoms with van der Waals surface area (Å²) in [7, 11) is 1.86. The standard InChI is InChI=1S/C18H18FN3OS/c1-12(18-21-15-9-5-6-10-16(15)24-18)22(2)11-17(23)20-14-8-4-3-7-13(14)19/h3-10,12H,11H2,1-2H3,(H,20,23)/t12-/m1/s1. The van der Waals surface area contributed by atoms with Crippen LogP contribution < -0.4 is 5.32 Å². The zero-order chi connectivity index (χ0) is 17.1. The number of likely N-dealkylation sites (N-methyl/N-ethyl adjacent to an activating group) is 1. The minimum atomic E-state index is -0.437. The van der Waals surface area contributed by atoms with E-state index in [1.54, 1.807) is 29.5 Å². The number of carbonyl (C=O) groups is 1. The van der Waals surface area contributed by atoms with Crippen LogP contribution in [-0.2, 0) is 4.79 Å². The number of nitrogens with one attached hydrogen (secondary N) is 1. The van der Waals surface area contributed by atoms with E-state index in [2.05, 4.69) is 10.3 Å². The molecular weight excluding hydrogens is 325 g/mol. The average molecular weight is 343 g/mol. The second-order valence-electron chi connectivity index (χ2n) is 5.64. The summed E-state index contributed by atoms with van der Waals surface area (Å²) in [6.07, 6.45) is 0. The Kier molecular flexibility index (Phi) is 4.87. The highest BCUT2D eigenvalue weighted by Gasteiger charge is 2.19. The van der Waals surface area contributed by atoms with Crippen molar-refractivity contribution in [2.45, 2.75) is 13.0 Å². The zero-order valence-electron chi connectivity index (χ0n) is 13.5. The largest absolute Gasteiger partial charge is 0.322 e. The number of rotatable bonds is 5. The first-order valence-electron chi connectivity index (χ1n) is 7.64. The molecule has 6 heteroatoms. The molecule has 0 aliphatic rings. The second kappa shape index (κ2) is 7.07. The lowest BCUT2D eigenvalue weighted by Crippen LogP contribution is -2.32. The van der Waals surface area contributed by atoms with Crippen LogP contribution in [-0.4, -0.2) is 29.4 Å². The van der Waals surface area contributed by atoms with E-state index >= 15 is 0 Å². The summed E-state index contributed by atoms with van der Waals surface area (Å²) in [6, 6.07) is 14.1. The number of fused-ring (bicyclic) bond motifs is 1. The molecular formula is C18H18FN3OS. The third-order valence-corrected chi connectivity index (χ3v) is 5.08. The fourth-order valence-corrected chi connectivity index (χ4v) is 3.46. The fourth-order valence-electron chi connectivity index (χ4n) is 2.37. The van der Waals surface area contributed by atoms with Crippen molar-refractivity contribution < 1.29 is 9.18 Å². The molecule has 0 bridgehead atoms. The minimum Gasteiger partial charge on any atom is -0.322 e. The highest BCUT2D eigenvalue weighted by atomic mass is 32.1. The van der Waals surface area contributed by atoms with Crippen LogP contribution in [0.5, 0.6) is 0 Å². The summed E-state index contributed by atoms with van der Waals surface area (Å²) in [5.74, 6) is -0.691. The minimum absolute atomic E-state index is 0.00577. The monoisotopic (exact) mass is 343 g/mol. The Balaban J connectivity index is 1.66. The second-order valence-corrected chi connectivity index (χ2v) is 6.70. The van der Waals surface area contributed by atoms with Gasteiger partial charge in [-0.2, -0.15) is 0 Å². The molecule has 0 aliphatic carbocycles. The molecule has 1 heterocycles. The number of anilines is 1. The average Bonchev–Trinajstić information content (AvgIpc) is 3.00. The molecule has 0 aliphatic heterocycles. The predicted octanol–water partition coefficient (Wildman–Crippen LogP) is 4.07. The van der Waals surface area contributed by atoms with E-state index in [1.165, 1.54) is 6.07 Å². The van der Waals surface area contributed by atoms with Gasteiger partial charge in [0.1, 0.15) is 10.8 Å². The number of benzene rings is 2. The van der Waals surface area contributed by atoms with Gasteiger partial charge in [0, 0.05) is 0 Å². The van der Waals surface area contributed by atoms with Gasteiger partial charge >= 0.3 is 0 Å². The molecule has 124 valence electrons. The van der Waals surface area contributed by atoms with E-state index in [0.29, 0.717) is 0 Å². The molecule has 0 radical (unpaired) electrons.